The SMILES string of the molecule is COc1ncc(-c2c(C)cc(C(=O)O)cc2C)cc1-c1ccc(C(F)(F)F)cc1[C@@H]1CC[C@H]2[C@@H](c3cc(C(F)(F)F)cc(C(F)(F)F)c3)CC(=O)N12. The van der Waals surface area contributed by atoms with Crippen molar-refractivity contribution in [1.82, 2.24) is 9.88 Å². The van der Waals surface area contributed by atoms with E-state index >= 15 is 0 Å². The second kappa shape index (κ2) is 12.8. The maximum absolute atomic E-state index is 14.2. The summed E-state index contributed by atoms with van der Waals surface area (Å²) in [6.07, 6.45) is -13.8. The van der Waals surface area contributed by atoms with Crippen LogP contribution in [0.5, 0.6) is 5.88 Å². The number of alkyl halides is 9. The molecule has 1 N–H and O–H groups in total. The van der Waals surface area contributed by atoms with Gasteiger partial charge in [-0.05, 0) is 109 Å². The Hall–Kier alpha value is -5.08. The summed E-state index contributed by atoms with van der Waals surface area (Å²) in [7, 11) is 1.30. The molecule has 2 aliphatic heterocycles. The van der Waals surface area contributed by atoms with Crippen LogP contribution < -0.4 is 4.74 Å². The first-order valence-electron chi connectivity index (χ1n) is 15.9. The van der Waals surface area contributed by atoms with E-state index in [2.05, 4.69) is 4.98 Å². The summed E-state index contributed by atoms with van der Waals surface area (Å²) in [5.41, 5.74) is -1.63. The minimum Gasteiger partial charge on any atom is -0.481 e. The molecule has 1 aromatic heterocycles. The molecule has 274 valence electrons. The molecule has 0 aliphatic carbocycles. The molecular formula is C37H29F9N2O4. The number of carboxylic acids is 1. The van der Waals surface area contributed by atoms with Crippen molar-refractivity contribution in [2.75, 3.05) is 7.11 Å². The fraction of sp³-hybridized carbons (Fsp3) is 0.324. The number of aromatic nitrogens is 1. The van der Waals surface area contributed by atoms with Crippen LogP contribution in [0.1, 0.15) is 80.5 Å². The normalized spacial score (nSPS) is 19.3. The van der Waals surface area contributed by atoms with Crippen molar-refractivity contribution in [3.05, 3.63) is 105 Å². The number of fused-ring (bicyclic) bond motifs is 1. The van der Waals surface area contributed by atoms with Crippen molar-refractivity contribution in [1.29, 1.82) is 0 Å². The molecule has 0 spiro atoms. The van der Waals surface area contributed by atoms with Crippen molar-refractivity contribution < 1.29 is 58.9 Å². The Labute approximate surface area is 290 Å². The number of aromatic carboxylic acids is 1. The van der Waals surface area contributed by atoms with Gasteiger partial charge < -0.3 is 14.7 Å². The molecule has 52 heavy (non-hydrogen) atoms. The molecule has 2 aliphatic rings. The zero-order chi connectivity index (χ0) is 38.1. The third kappa shape index (κ3) is 6.68. The maximum Gasteiger partial charge on any atom is 0.416 e. The van der Waals surface area contributed by atoms with Gasteiger partial charge in [0, 0.05) is 35.7 Å². The van der Waals surface area contributed by atoms with Crippen LogP contribution >= 0.6 is 0 Å². The highest BCUT2D eigenvalue weighted by Crippen LogP contribution is 2.52. The summed E-state index contributed by atoms with van der Waals surface area (Å²) in [6, 6.07) is 6.77. The third-order valence-electron chi connectivity index (χ3n) is 9.75. The van der Waals surface area contributed by atoms with Gasteiger partial charge in [-0.1, -0.05) is 6.07 Å². The molecule has 6 rings (SSSR count). The Morgan fingerprint density at radius 1 is 0.808 bits per heavy atom. The summed E-state index contributed by atoms with van der Waals surface area (Å²) in [5, 5.41) is 9.50. The monoisotopic (exact) mass is 736 g/mol. The topological polar surface area (TPSA) is 79.7 Å². The van der Waals surface area contributed by atoms with Crippen LogP contribution in [-0.2, 0) is 23.3 Å². The van der Waals surface area contributed by atoms with Gasteiger partial charge in [-0.3, -0.25) is 4.79 Å². The lowest BCUT2D eigenvalue weighted by atomic mass is 9.87. The first-order valence-corrected chi connectivity index (χ1v) is 15.9. The van der Waals surface area contributed by atoms with Crippen LogP contribution in [0.4, 0.5) is 39.5 Å². The number of ether oxygens (including phenoxy) is 1. The summed E-state index contributed by atoms with van der Waals surface area (Å²) in [5.74, 6) is -2.83. The quantitative estimate of drug-likeness (QED) is 0.200. The van der Waals surface area contributed by atoms with Crippen LogP contribution in [0.15, 0.2) is 60.8 Å². The molecule has 0 bridgehead atoms. The standard InChI is InChI=1S/C37H29F9N2O4/c1-17-8-20(34(50)51)9-18(2)32(17)21-12-28(33(52-3)47-16-21)25-5-4-22(35(38,39)40)14-27(25)30-7-6-29-26(15-31(49)48(29)30)19-10-23(36(41,42)43)13-24(11-19)37(44,45)46/h4-5,8-14,16,26,29-30H,6-7,15H2,1-3H3,(H,50,51)/t26-,29+,30+/m1/s1. The van der Waals surface area contributed by atoms with Gasteiger partial charge in [0.05, 0.1) is 35.4 Å². The number of aryl methyl sites for hydroxylation is 2. The van der Waals surface area contributed by atoms with E-state index in [4.69, 9.17) is 4.74 Å². The van der Waals surface area contributed by atoms with Crippen LogP contribution in [0, 0.1) is 13.8 Å². The lowest BCUT2D eigenvalue weighted by molar-refractivity contribution is -0.143. The molecule has 0 radical (unpaired) electrons. The molecule has 3 atom stereocenters. The van der Waals surface area contributed by atoms with E-state index in [0.29, 0.717) is 34.4 Å². The molecule has 1 amide bonds. The van der Waals surface area contributed by atoms with Crippen LogP contribution in [0.3, 0.4) is 0 Å². The highest BCUT2D eigenvalue weighted by atomic mass is 19.4. The van der Waals surface area contributed by atoms with E-state index in [1.54, 1.807) is 19.9 Å². The predicted molar refractivity (Wildman–Crippen MR) is 170 cm³/mol. The van der Waals surface area contributed by atoms with E-state index in [1.165, 1.54) is 36.4 Å². The predicted octanol–water partition coefficient (Wildman–Crippen LogP) is 10.0. The number of carbonyl (C=O) groups is 2. The van der Waals surface area contributed by atoms with E-state index in [0.717, 1.165) is 12.1 Å². The largest absolute Gasteiger partial charge is 0.481 e. The highest BCUT2D eigenvalue weighted by molar-refractivity contribution is 5.90. The third-order valence-corrected chi connectivity index (χ3v) is 9.75. The fourth-order valence-electron chi connectivity index (χ4n) is 7.61. The van der Waals surface area contributed by atoms with Crippen LogP contribution in [-0.4, -0.2) is 40.0 Å². The van der Waals surface area contributed by atoms with Gasteiger partial charge in [0.2, 0.25) is 11.8 Å². The number of methoxy groups -OCH3 is 1. The summed E-state index contributed by atoms with van der Waals surface area (Å²) >= 11 is 0. The van der Waals surface area contributed by atoms with Gasteiger partial charge >= 0.3 is 24.5 Å². The van der Waals surface area contributed by atoms with Gasteiger partial charge in [-0.25, -0.2) is 9.78 Å². The zero-order valence-corrected chi connectivity index (χ0v) is 27.6. The average Bonchev–Trinajstić information content (AvgIpc) is 3.63. The summed E-state index contributed by atoms with van der Waals surface area (Å²) in [6.45, 7) is 3.39. The van der Waals surface area contributed by atoms with Gasteiger partial charge in [0.15, 0.2) is 0 Å². The second-order valence-electron chi connectivity index (χ2n) is 13.0. The van der Waals surface area contributed by atoms with Crippen molar-refractivity contribution in [2.24, 2.45) is 0 Å². The van der Waals surface area contributed by atoms with Crippen molar-refractivity contribution >= 4 is 11.9 Å². The molecule has 0 unspecified atom stereocenters. The van der Waals surface area contributed by atoms with Crippen molar-refractivity contribution in [3.63, 3.8) is 0 Å². The van der Waals surface area contributed by atoms with Crippen molar-refractivity contribution in [3.8, 4) is 28.1 Å². The molecule has 15 heteroatoms. The number of carbonyl (C=O) groups excluding carboxylic acids is 1. The first kappa shape index (κ1) is 36.7. The number of amides is 1. The number of hydrogen-bond acceptors (Lipinski definition) is 4. The zero-order valence-electron chi connectivity index (χ0n) is 27.6. The smallest absolute Gasteiger partial charge is 0.416 e. The molecule has 0 saturated carbocycles. The minimum absolute atomic E-state index is 0.00342. The Morgan fingerprint density at radius 3 is 1.94 bits per heavy atom. The number of carboxylic acid groups (broad SMARTS) is 1. The molecular weight excluding hydrogens is 707 g/mol. The highest BCUT2D eigenvalue weighted by Gasteiger charge is 2.50. The average molecular weight is 737 g/mol. The van der Waals surface area contributed by atoms with E-state index in [-0.39, 0.29) is 52.6 Å². The number of pyridine rings is 1. The van der Waals surface area contributed by atoms with E-state index < -0.39 is 71.5 Å². The lowest BCUT2D eigenvalue weighted by Gasteiger charge is -2.29. The van der Waals surface area contributed by atoms with Gasteiger partial charge in [0.1, 0.15) is 0 Å². The Morgan fingerprint density at radius 2 is 1.40 bits per heavy atom. The summed E-state index contributed by atoms with van der Waals surface area (Å²) in [4.78, 5) is 30.9. The molecule has 4 aromatic rings. The van der Waals surface area contributed by atoms with Crippen LogP contribution in [0.2, 0.25) is 0 Å². The Kier molecular flexibility index (Phi) is 9.07. The Balaban J connectivity index is 1.48. The minimum atomic E-state index is -5.11. The van der Waals surface area contributed by atoms with Gasteiger partial charge in [-0.15, -0.1) is 0 Å². The molecule has 2 fully saturated rings. The molecule has 2 saturated heterocycles. The number of benzene rings is 3. The molecule has 3 heterocycles. The van der Waals surface area contributed by atoms with Gasteiger partial charge in [-0.2, -0.15) is 39.5 Å². The Bertz CT molecular complexity index is 2030. The number of halogens is 9. The van der Waals surface area contributed by atoms with Crippen molar-refractivity contribution in [2.45, 2.75) is 69.6 Å². The van der Waals surface area contributed by atoms with Crippen LogP contribution in [0.25, 0.3) is 22.3 Å². The molecule has 3 aromatic carbocycles. The van der Waals surface area contributed by atoms with E-state index in [1.807, 2.05) is 0 Å². The lowest BCUT2D eigenvalue weighted by Crippen LogP contribution is -2.31. The number of rotatable bonds is 6. The molecule has 6 nitrogen and oxygen atoms in total. The van der Waals surface area contributed by atoms with E-state index in [9.17, 15) is 54.2 Å². The first-order chi connectivity index (χ1) is 24.2. The fourth-order valence-corrected chi connectivity index (χ4v) is 7.61. The second-order valence-corrected chi connectivity index (χ2v) is 13.0. The van der Waals surface area contributed by atoms with Gasteiger partial charge in [0.25, 0.3) is 0 Å². The number of hydrogen-bond donors (Lipinski definition) is 1. The summed E-state index contributed by atoms with van der Waals surface area (Å²) < 4.78 is 130. The maximum atomic E-state index is 14.2. The number of nitrogens with zero attached hydrogens (tertiary/aromatic N) is 2.